The molecule has 0 aliphatic rings. The molecule has 0 spiro atoms. The lowest BCUT2D eigenvalue weighted by atomic mass is 9.79. The maximum atomic E-state index is 11.1. The highest BCUT2D eigenvalue weighted by Gasteiger charge is 2.16. The summed E-state index contributed by atoms with van der Waals surface area (Å²) in [4.78, 5) is 11.1. The fraction of sp³-hybridized carbons (Fsp3) is 0.364. The minimum Gasteiger partial charge on any atom is -0.468 e. The molecular weight excluding hydrogens is 221 g/mol. The molecule has 0 aliphatic heterocycles. The predicted octanol–water partition coefficient (Wildman–Crippen LogP) is -0.937. The zero-order chi connectivity index (χ0) is 12.8. The number of carbonyl (C=O) groups excluding carboxylic acids is 1. The Kier molecular flexibility index (Phi) is 5.15. The van der Waals surface area contributed by atoms with Crippen LogP contribution in [0.4, 0.5) is 0 Å². The van der Waals surface area contributed by atoms with E-state index in [2.05, 4.69) is 4.74 Å². The molecule has 0 aromatic heterocycles. The van der Waals surface area contributed by atoms with E-state index in [-0.39, 0.29) is 0 Å². The molecule has 0 saturated heterocycles. The summed E-state index contributed by atoms with van der Waals surface area (Å²) in [5.74, 6) is -0.439. The van der Waals surface area contributed by atoms with Gasteiger partial charge in [-0.25, -0.2) is 0 Å². The van der Waals surface area contributed by atoms with Gasteiger partial charge in [0.05, 0.1) is 7.11 Å². The molecule has 6 heteroatoms. The van der Waals surface area contributed by atoms with Crippen molar-refractivity contribution < 1.29 is 19.2 Å². The van der Waals surface area contributed by atoms with Gasteiger partial charge in [-0.2, -0.15) is 0 Å². The number of hydrogen-bond acceptors (Lipinski definition) is 5. The molecule has 1 atom stereocenters. The van der Waals surface area contributed by atoms with Gasteiger partial charge >= 0.3 is 13.1 Å². The summed E-state index contributed by atoms with van der Waals surface area (Å²) in [7, 11) is 1.80. The second-order valence-corrected chi connectivity index (χ2v) is 3.66. The van der Waals surface area contributed by atoms with Crippen LogP contribution in [0.1, 0.15) is 5.56 Å². The van der Waals surface area contributed by atoms with Gasteiger partial charge in [0.25, 0.3) is 0 Å². The first-order chi connectivity index (χ1) is 8.08. The molecule has 0 heterocycles. The lowest BCUT2D eigenvalue weighted by Crippen LogP contribution is -2.34. The van der Waals surface area contributed by atoms with Crippen LogP contribution in [0.15, 0.2) is 24.3 Å². The van der Waals surface area contributed by atoms with Gasteiger partial charge < -0.3 is 20.1 Å². The number of rotatable bonds is 5. The topological polar surface area (TPSA) is 81.8 Å². The summed E-state index contributed by atoms with van der Waals surface area (Å²) in [6.07, 6.45) is 0.399. The molecule has 0 amide bonds. The number of methoxy groups -OCH3 is 1. The van der Waals surface area contributed by atoms with Crippen molar-refractivity contribution in [3.63, 3.8) is 0 Å². The molecule has 1 aromatic carbocycles. The molecule has 0 bridgehead atoms. The molecule has 5 nitrogen and oxygen atoms in total. The lowest BCUT2D eigenvalue weighted by molar-refractivity contribution is -0.142. The van der Waals surface area contributed by atoms with Crippen LogP contribution in [0.2, 0.25) is 0 Å². The smallest absolute Gasteiger partial charge is 0.468 e. The van der Waals surface area contributed by atoms with E-state index in [4.69, 9.17) is 10.4 Å². The Balaban J connectivity index is 2.65. The molecule has 1 rings (SSSR count). The largest absolute Gasteiger partial charge is 0.490 e. The normalized spacial score (nSPS) is 12.0. The van der Waals surface area contributed by atoms with Crippen molar-refractivity contribution in [2.24, 2.45) is 5.73 Å². The maximum absolute atomic E-state index is 11.1. The van der Waals surface area contributed by atoms with Crippen LogP contribution in [0.5, 0.6) is 0 Å². The van der Waals surface area contributed by atoms with E-state index in [0.29, 0.717) is 11.9 Å². The van der Waals surface area contributed by atoms with Gasteiger partial charge in [0.15, 0.2) is 0 Å². The van der Waals surface area contributed by atoms with Crippen molar-refractivity contribution in [3.05, 3.63) is 29.8 Å². The third kappa shape index (κ3) is 3.85. The van der Waals surface area contributed by atoms with Crippen LogP contribution in [0.25, 0.3) is 0 Å². The molecule has 0 fully saturated rings. The van der Waals surface area contributed by atoms with Gasteiger partial charge in [-0.15, -0.1) is 0 Å². The van der Waals surface area contributed by atoms with E-state index in [9.17, 15) is 9.82 Å². The molecule has 0 saturated carbocycles. The van der Waals surface area contributed by atoms with Gasteiger partial charge in [0.1, 0.15) is 6.04 Å². The molecule has 0 radical (unpaired) electrons. The highest BCUT2D eigenvalue weighted by molar-refractivity contribution is 6.59. The number of esters is 1. The number of ether oxygens (including phenoxy) is 1. The van der Waals surface area contributed by atoms with E-state index in [1.807, 2.05) is 0 Å². The molecule has 1 aromatic rings. The van der Waals surface area contributed by atoms with Crippen LogP contribution in [-0.2, 0) is 20.6 Å². The molecule has 1 unspecified atom stereocenters. The zero-order valence-corrected chi connectivity index (χ0v) is 9.92. The van der Waals surface area contributed by atoms with Gasteiger partial charge in [-0.3, -0.25) is 4.79 Å². The van der Waals surface area contributed by atoms with Crippen LogP contribution in [0, 0.1) is 0 Å². The minimum absolute atomic E-state index is 0.399. The third-order valence-corrected chi connectivity index (χ3v) is 2.45. The number of nitrogens with two attached hydrogens (primary N) is 1. The quantitative estimate of drug-likeness (QED) is 0.510. The van der Waals surface area contributed by atoms with Crippen molar-refractivity contribution >= 4 is 18.6 Å². The summed E-state index contributed by atoms with van der Waals surface area (Å²) < 4.78 is 9.31. The number of benzene rings is 1. The molecular formula is C11H16BNO4. The van der Waals surface area contributed by atoms with Crippen LogP contribution in [0.3, 0.4) is 0 Å². The summed E-state index contributed by atoms with van der Waals surface area (Å²) >= 11 is 0. The first-order valence-corrected chi connectivity index (χ1v) is 5.21. The maximum Gasteiger partial charge on any atom is 0.490 e. The predicted molar refractivity (Wildman–Crippen MR) is 64.8 cm³/mol. The zero-order valence-electron chi connectivity index (χ0n) is 9.92. The third-order valence-electron chi connectivity index (χ3n) is 2.45. The van der Waals surface area contributed by atoms with E-state index in [1.54, 1.807) is 24.3 Å². The number of hydrogen-bond donors (Lipinski definition) is 2. The standard InChI is InChI=1S/C11H16BNO4/c1-16-11(14)10(13)7-8-3-5-9(6-4-8)12(15)17-2/h3-6,10,15H,7,13H2,1-2H3. The Labute approximate surface area is 101 Å². The van der Waals surface area contributed by atoms with Crippen LogP contribution >= 0.6 is 0 Å². The Bertz CT molecular complexity index is 368. The van der Waals surface area contributed by atoms with Gasteiger partial charge in [0.2, 0.25) is 0 Å². The van der Waals surface area contributed by atoms with Crippen LogP contribution < -0.4 is 11.2 Å². The Morgan fingerprint density at radius 1 is 1.41 bits per heavy atom. The average molecular weight is 237 g/mol. The van der Waals surface area contributed by atoms with Gasteiger partial charge in [-0.05, 0) is 17.4 Å². The van der Waals surface area contributed by atoms with E-state index >= 15 is 0 Å². The lowest BCUT2D eigenvalue weighted by Gasteiger charge is -2.10. The molecule has 17 heavy (non-hydrogen) atoms. The second kappa shape index (κ2) is 6.39. The molecule has 92 valence electrons. The Morgan fingerprint density at radius 2 is 2.00 bits per heavy atom. The Hall–Kier alpha value is -1.37. The average Bonchev–Trinajstić information content (AvgIpc) is 2.37. The van der Waals surface area contributed by atoms with E-state index in [1.165, 1.54) is 14.2 Å². The van der Waals surface area contributed by atoms with E-state index < -0.39 is 19.1 Å². The Morgan fingerprint density at radius 3 is 2.47 bits per heavy atom. The van der Waals surface area contributed by atoms with Crippen LogP contribution in [-0.4, -0.2) is 38.4 Å². The van der Waals surface area contributed by atoms with Gasteiger partial charge in [0, 0.05) is 7.11 Å². The van der Waals surface area contributed by atoms with Crippen molar-refractivity contribution in [2.45, 2.75) is 12.5 Å². The summed E-state index contributed by atoms with van der Waals surface area (Å²) in [6, 6.07) is 6.38. The summed E-state index contributed by atoms with van der Waals surface area (Å²) in [5.41, 5.74) is 7.19. The fourth-order valence-electron chi connectivity index (χ4n) is 1.44. The van der Waals surface area contributed by atoms with E-state index in [0.717, 1.165) is 5.56 Å². The SMILES string of the molecule is COB(O)c1ccc(CC(N)C(=O)OC)cc1. The van der Waals surface area contributed by atoms with Crippen molar-refractivity contribution in [1.82, 2.24) is 0 Å². The minimum atomic E-state index is -0.932. The first kappa shape index (κ1) is 13.7. The van der Waals surface area contributed by atoms with Crippen molar-refractivity contribution in [1.29, 1.82) is 0 Å². The summed E-state index contributed by atoms with van der Waals surface area (Å²) in [5, 5.41) is 9.41. The monoisotopic (exact) mass is 237 g/mol. The molecule has 0 aliphatic carbocycles. The van der Waals surface area contributed by atoms with Crippen molar-refractivity contribution in [3.8, 4) is 0 Å². The second-order valence-electron chi connectivity index (χ2n) is 3.66. The highest BCUT2D eigenvalue weighted by Crippen LogP contribution is 2.02. The van der Waals surface area contributed by atoms with Crippen molar-refractivity contribution in [2.75, 3.05) is 14.2 Å². The first-order valence-electron chi connectivity index (χ1n) is 5.21. The summed E-state index contributed by atoms with van der Waals surface area (Å²) in [6.45, 7) is 0. The fourth-order valence-corrected chi connectivity index (χ4v) is 1.44. The van der Waals surface area contributed by atoms with Gasteiger partial charge in [-0.1, -0.05) is 24.3 Å². The highest BCUT2D eigenvalue weighted by atomic mass is 16.5. The number of carbonyl (C=O) groups is 1. The molecule has 3 N–H and O–H groups in total.